The van der Waals surface area contributed by atoms with Gasteiger partial charge in [-0.2, -0.15) is 13.2 Å². The fraction of sp³-hybridized carbons (Fsp3) is 0.333. The van der Waals surface area contributed by atoms with Gasteiger partial charge in [0.25, 0.3) is 5.91 Å². The molecule has 1 N–H and O–H groups in total. The molecule has 30 heavy (non-hydrogen) atoms. The highest BCUT2D eigenvalue weighted by atomic mass is 35.5. The second-order valence-electron chi connectivity index (χ2n) is 6.61. The summed E-state index contributed by atoms with van der Waals surface area (Å²) in [6.07, 6.45) is -5.51. The van der Waals surface area contributed by atoms with Gasteiger partial charge in [0.15, 0.2) is 6.10 Å². The van der Waals surface area contributed by atoms with Crippen LogP contribution in [0.3, 0.4) is 0 Å². The molecule has 0 saturated carbocycles. The van der Waals surface area contributed by atoms with Gasteiger partial charge in [-0.25, -0.2) is 0 Å². The summed E-state index contributed by atoms with van der Waals surface area (Å²) in [5, 5.41) is 2.76. The molecular weight excluding hydrogens is 421 g/mol. The number of likely N-dealkylation sites (N-methyl/N-ethyl adjacent to an activating group) is 1. The van der Waals surface area contributed by atoms with Gasteiger partial charge in [-0.3, -0.25) is 9.59 Å². The van der Waals surface area contributed by atoms with Gasteiger partial charge in [0.1, 0.15) is 5.75 Å². The zero-order valence-corrected chi connectivity index (χ0v) is 17.5. The minimum Gasteiger partial charge on any atom is -0.481 e. The summed E-state index contributed by atoms with van der Waals surface area (Å²) in [7, 11) is 0. The molecule has 162 valence electrons. The molecule has 9 heteroatoms. The van der Waals surface area contributed by atoms with Crippen LogP contribution in [0, 0.1) is 6.92 Å². The number of ether oxygens (including phenoxy) is 1. The maximum Gasteiger partial charge on any atom is 0.418 e. The molecule has 0 aliphatic carbocycles. The topological polar surface area (TPSA) is 58.6 Å². The largest absolute Gasteiger partial charge is 0.481 e. The Bertz CT molecular complexity index is 919. The van der Waals surface area contributed by atoms with Gasteiger partial charge in [0.2, 0.25) is 5.91 Å². The number of amides is 2. The summed E-state index contributed by atoms with van der Waals surface area (Å²) >= 11 is 5.91. The highest BCUT2D eigenvalue weighted by molar-refractivity contribution is 6.30. The fourth-order valence-electron chi connectivity index (χ4n) is 2.79. The SMILES string of the molecule is CCN(CC(=O)Nc1ccccc1C(F)(F)F)C(=O)C(C)Oc1ccc(Cl)cc1C. The van der Waals surface area contributed by atoms with Gasteiger partial charge in [-0.15, -0.1) is 0 Å². The number of hydrogen-bond donors (Lipinski definition) is 1. The molecule has 1 atom stereocenters. The van der Waals surface area contributed by atoms with E-state index in [1.807, 2.05) is 0 Å². The monoisotopic (exact) mass is 442 g/mol. The van der Waals surface area contributed by atoms with E-state index in [0.29, 0.717) is 10.8 Å². The molecule has 2 amide bonds. The zero-order valence-electron chi connectivity index (χ0n) is 16.7. The van der Waals surface area contributed by atoms with Crippen LogP contribution in [0.2, 0.25) is 5.02 Å². The van der Waals surface area contributed by atoms with Crippen molar-refractivity contribution in [1.82, 2.24) is 4.90 Å². The maximum absolute atomic E-state index is 13.1. The fourth-order valence-corrected chi connectivity index (χ4v) is 3.02. The number of carbonyl (C=O) groups excluding carboxylic acids is 2. The predicted octanol–water partition coefficient (Wildman–Crippen LogP) is 4.92. The molecule has 0 saturated heterocycles. The van der Waals surface area contributed by atoms with Gasteiger partial charge in [0, 0.05) is 11.6 Å². The first-order valence-electron chi connectivity index (χ1n) is 9.20. The van der Waals surface area contributed by atoms with Crippen molar-refractivity contribution in [1.29, 1.82) is 0 Å². The Morgan fingerprint density at radius 1 is 1.20 bits per heavy atom. The molecule has 2 aromatic carbocycles. The van der Waals surface area contributed by atoms with Gasteiger partial charge >= 0.3 is 6.18 Å². The molecule has 0 aliphatic rings. The number of aryl methyl sites for hydroxylation is 1. The molecule has 0 spiro atoms. The molecule has 0 heterocycles. The molecule has 2 rings (SSSR count). The van der Waals surface area contributed by atoms with Crippen molar-refractivity contribution >= 4 is 29.1 Å². The quantitative estimate of drug-likeness (QED) is 0.662. The summed E-state index contributed by atoms with van der Waals surface area (Å²) in [5.41, 5.74) is -0.575. The van der Waals surface area contributed by atoms with Crippen LogP contribution in [0.25, 0.3) is 0 Å². The lowest BCUT2D eigenvalue weighted by atomic mass is 10.1. The lowest BCUT2D eigenvalue weighted by Gasteiger charge is -2.25. The summed E-state index contributed by atoms with van der Waals surface area (Å²) in [5.74, 6) is -0.734. The molecule has 0 aliphatic heterocycles. The van der Waals surface area contributed by atoms with Crippen molar-refractivity contribution in [2.75, 3.05) is 18.4 Å². The second kappa shape index (κ2) is 9.84. The number of nitrogens with zero attached hydrogens (tertiary/aromatic N) is 1. The van der Waals surface area contributed by atoms with E-state index >= 15 is 0 Å². The van der Waals surface area contributed by atoms with E-state index in [4.69, 9.17) is 16.3 Å². The number of benzene rings is 2. The van der Waals surface area contributed by atoms with Crippen LogP contribution in [0.5, 0.6) is 5.75 Å². The maximum atomic E-state index is 13.1. The normalized spacial score (nSPS) is 12.2. The number of para-hydroxylation sites is 1. The van der Waals surface area contributed by atoms with E-state index in [0.717, 1.165) is 17.7 Å². The lowest BCUT2D eigenvalue weighted by Crippen LogP contribution is -2.44. The molecular formula is C21H22ClF3N2O3. The predicted molar refractivity (Wildman–Crippen MR) is 109 cm³/mol. The minimum atomic E-state index is -4.61. The van der Waals surface area contributed by atoms with Crippen LogP contribution in [0.1, 0.15) is 25.0 Å². The molecule has 0 bridgehead atoms. The number of nitrogens with one attached hydrogen (secondary N) is 1. The standard InChI is InChI=1S/C21H22ClF3N2O3/c1-4-27(20(29)14(3)30-18-10-9-15(22)11-13(18)2)12-19(28)26-17-8-6-5-7-16(17)21(23,24)25/h5-11,14H,4,12H2,1-3H3,(H,26,28). The van der Waals surface area contributed by atoms with Crippen LogP contribution >= 0.6 is 11.6 Å². The Balaban J connectivity index is 2.05. The van der Waals surface area contributed by atoms with E-state index in [-0.39, 0.29) is 12.2 Å². The third-order valence-corrected chi connectivity index (χ3v) is 4.56. The van der Waals surface area contributed by atoms with Crippen molar-refractivity contribution in [2.45, 2.75) is 33.1 Å². The molecule has 5 nitrogen and oxygen atoms in total. The van der Waals surface area contributed by atoms with Crippen LogP contribution in [0.15, 0.2) is 42.5 Å². The molecule has 0 radical (unpaired) electrons. The Morgan fingerprint density at radius 3 is 2.47 bits per heavy atom. The highest BCUT2D eigenvalue weighted by Crippen LogP contribution is 2.34. The lowest BCUT2D eigenvalue weighted by molar-refractivity contribution is -0.140. The number of rotatable bonds is 7. The van der Waals surface area contributed by atoms with Crippen molar-refractivity contribution in [3.63, 3.8) is 0 Å². The number of halogens is 4. The first-order valence-corrected chi connectivity index (χ1v) is 9.58. The van der Waals surface area contributed by atoms with Crippen LogP contribution in [-0.2, 0) is 15.8 Å². The van der Waals surface area contributed by atoms with Crippen molar-refractivity contribution < 1.29 is 27.5 Å². The van der Waals surface area contributed by atoms with Gasteiger partial charge in [-0.05, 0) is 56.7 Å². The molecule has 1 unspecified atom stereocenters. The number of carbonyl (C=O) groups is 2. The number of alkyl halides is 3. The molecule has 2 aromatic rings. The first-order chi connectivity index (χ1) is 14.0. The van der Waals surface area contributed by atoms with Crippen LogP contribution in [0.4, 0.5) is 18.9 Å². The van der Waals surface area contributed by atoms with E-state index in [1.54, 1.807) is 32.0 Å². The van der Waals surface area contributed by atoms with E-state index in [2.05, 4.69) is 5.32 Å². The smallest absolute Gasteiger partial charge is 0.418 e. The Labute approximate surface area is 177 Å². The minimum absolute atomic E-state index is 0.181. The van der Waals surface area contributed by atoms with Crippen LogP contribution < -0.4 is 10.1 Å². The summed E-state index contributed by atoms with van der Waals surface area (Å²) in [6.45, 7) is 4.75. The first kappa shape index (κ1) is 23.5. The summed E-state index contributed by atoms with van der Waals surface area (Å²) in [6, 6.07) is 9.62. The number of hydrogen-bond acceptors (Lipinski definition) is 3. The van der Waals surface area contributed by atoms with Gasteiger partial charge in [0.05, 0.1) is 17.8 Å². The van der Waals surface area contributed by atoms with Gasteiger partial charge in [-0.1, -0.05) is 23.7 Å². The Morgan fingerprint density at radius 2 is 1.87 bits per heavy atom. The van der Waals surface area contributed by atoms with Gasteiger partial charge < -0.3 is 15.0 Å². The zero-order chi connectivity index (χ0) is 22.5. The van der Waals surface area contributed by atoms with Crippen molar-refractivity contribution in [2.24, 2.45) is 0 Å². The van der Waals surface area contributed by atoms with Crippen molar-refractivity contribution in [3.8, 4) is 5.75 Å². The average Bonchev–Trinajstić information content (AvgIpc) is 2.67. The van der Waals surface area contributed by atoms with E-state index < -0.39 is 36.2 Å². The molecule has 0 aromatic heterocycles. The second-order valence-corrected chi connectivity index (χ2v) is 7.05. The Kier molecular flexibility index (Phi) is 7.72. The third kappa shape index (κ3) is 6.13. The Hall–Kier alpha value is -2.74. The average molecular weight is 443 g/mol. The van der Waals surface area contributed by atoms with Crippen molar-refractivity contribution in [3.05, 3.63) is 58.6 Å². The van der Waals surface area contributed by atoms with E-state index in [1.165, 1.54) is 24.0 Å². The third-order valence-electron chi connectivity index (χ3n) is 4.32. The molecule has 0 fully saturated rings. The van der Waals surface area contributed by atoms with Crippen LogP contribution in [-0.4, -0.2) is 35.9 Å². The van der Waals surface area contributed by atoms with E-state index in [9.17, 15) is 22.8 Å². The highest BCUT2D eigenvalue weighted by Gasteiger charge is 2.33. The number of anilines is 1. The summed E-state index contributed by atoms with van der Waals surface area (Å²) in [4.78, 5) is 26.2. The summed E-state index contributed by atoms with van der Waals surface area (Å²) < 4.78 is 44.9.